The minimum Gasteiger partial charge on any atom is -0.351 e. The number of primary amides is 1. The Labute approximate surface area is 89.9 Å². The molecule has 0 heterocycles. The van der Waals surface area contributed by atoms with Gasteiger partial charge in [-0.05, 0) is 25.0 Å². The molecule has 82 valence electrons. The molecule has 0 bridgehead atoms. The molecule has 0 saturated heterocycles. The van der Waals surface area contributed by atoms with Crippen molar-refractivity contribution in [3.8, 4) is 0 Å². The molecule has 1 rings (SSSR count). The van der Waals surface area contributed by atoms with E-state index in [1.807, 2.05) is 31.2 Å². The third kappa shape index (κ3) is 2.95. The molecule has 0 aliphatic carbocycles. The number of carbonyl (C=O) groups excluding carboxylic acids is 1. The Bertz CT molecular complexity index is 349. The number of para-hydroxylation sites is 1. The first kappa shape index (κ1) is 11.5. The van der Waals surface area contributed by atoms with Crippen LogP contribution in [0.5, 0.6) is 0 Å². The minimum atomic E-state index is -0.466. The zero-order chi connectivity index (χ0) is 11.4. The molecule has 0 saturated carbocycles. The average molecular weight is 207 g/mol. The molecule has 1 aromatic rings. The first-order chi connectivity index (χ1) is 7.02. The number of benzene rings is 1. The molecular formula is C11H17N3O. The molecule has 0 aromatic heterocycles. The van der Waals surface area contributed by atoms with Crippen molar-refractivity contribution >= 4 is 11.7 Å². The Morgan fingerprint density at radius 2 is 2.07 bits per heavy atom. The molecule has 1 atom stereocenters. The minimum absolute atomic E-state index is 0.0624. The highest BCUT2D eigenvalue weighted by Crippen LogP contribution is 2.19. The summed E-state index contributed by atoms with van der Waals surface area (Å²) in [5.41, 5.74) is 12.8. The van der Waals surface area contributed by atoms with Gasteiger partial charge in [-0.3, -0.25) is 4.90 Å². The molecule has 0 aliphatic rings. The Morgan fingerprint density at radius 3 is 2.60 bits per heavy atom. The summed E-state index contributed by atoms with van der Waals surface area (Å²) in [6.07, 6.45) is 0.730. The van der Waals surface area contributed by atoms with Gasteiger partial charge in [0.25, 0.3) is 0 Å². The lowest BCUT2D eigenvalue weighted by molar-refractivity contribution is 0.255. The number of amides is 2. The van der Waals surface area contributed by atoms with E-state index in [2.05, 4.69) is 0 Å². The van der Waals surface area contributed by atoms with E-state index in [0.717, 1.165) is 17.7 Å². The van der Waals surface area contributed by atoms with Crippen molar-refractivity contribution in [3.05, 3.63) is 29.8 Å². The molecule has 4 heteroatoms. The standard InChI is InChI=1S/C11H17N3O/c1-8(12)7-9-5-3-4-6-10(9)14(2)11(13)15/h3-6,8H,7,12H2,1-2H3,(H2,13,15). The van der Waals surface area contributed by atoms with Gasteiger partial charge in [-0.15, -0.1) is 0 Å². The summed E-state index contributed by atoms with van der Waals surface area (Å²) in [6.45, 7) is 1.93. The van der Waals surface area contributed by atoms with Gasteiger partial charge < -0.3 is 11.5 Å². The van der Waals surface area contributed by atoms with Crippen LogP contribution >= 0.6 is 0 Å². The lowest BCUT2D eigenvalue weighted by Crippen LogP contribution is -2.33. The fourth-order valence-corrected chi connectivity index (χ4v) is 1.48. The molecule has 1 unspecified atom stereocenters. The summed E-state index contributed by atoms with van der Waals surface area (Å²) >= 11 is 0. The van der Waals surface area contributed by atoms with E-state index in [-0.39, 0.29) is 6.04 Å². The van der Waals surface area contributed by atoms with Crippen molar-refractivity contribution in [2.45, 2.75) is 19.4 Å². The van der Waals surface area contributed by atoms with Crippen molar-refractivity contribution in [2.24, 2.45) is 11.5 Å². The van der Waals surface area contributed by atoms with Crippen LogP contribution in [-0.4, -0.2) is 19.1 Å². The van der Waals surface area contributed by atoms with Gasteiger partial charge in [-0.1, -0.05) is 18.2 Å². The summed E-state index contributed by atoms with van der Waals surface area (Å²) in [6, 6.07) is 7.22. The van der Waals surface area contributed by atoms with E-state index < -0.39 is 6.03 Å². The summed E-state index contributed by atoms with van der Waals surface area (Å²) in [7, 11) is 1.66. The molecule has 0 spiro atoms. The number of anilines is 1. The average Bonchev–Trinajstić information content (AvgIpc) is 2.16. The molecule has 0 radical (unpaired) electrons. The van der Waals surface area contributed by atoms with Crippen molar-refractivity contribution in [1.29, 1.82) is 0 Å². The van der Waals surface area contributed by atoms with E-state index in [4.69, 9.17) is 11.5 Å². The number of hydrogen-bond acceptors (Lipinski definition) is 2. The van der Waals surface area contributed by atoms with E-state index >= 15 is 0 Å². The number of nitrogens with two attached hydrogens (primary N) is 2. The zero-order valence-corrected chi connectivity index (χ0v) is 9.10. The predicted octanol–water partition coefficient (Wildman–Crippen LogP) is 1.09. The van der Waals surface area contributed by atoms with E-state index in [1.54, 1.807) is 7.05 Å². The van der Waals surface area contributed by atoms with Gasteiger partial charge in [-0.25, -0.2) is 4.79 Å². The van der Waals surface area contributed by atoms with Crippen LogP contribution in [-0.2, 0) is 6.42 Å². The summed E-state index contributed by atoms with van der Waals surface area (Å²) < 4.78 is 0. The van der Waals surface area contributed by atoms with Gasteiger partial charge in [0.2, 0.25) is 0 Å². The van der Waals surface area contributed by atoms with Crippen LogP contribution in [0.1, 0.15) is 12.5 Å². The first-order valence-electron chi connectivity index (χ1n) is 4.89. The highest BCUT2D eigenvalue weighted by atomic mass is 16.2. The molecule has 4 N–H and O–H groups in total. The second-order valence-electron chi connectivity index (χ2n) is 3.71. The quantitative estimate of drug-likeness (QED) is 0.778. The van der Waals surface area contributed by atoms with Crippen LogP contribution < -0.4 is 16.4 Å². The van der Waals surface area contributed by atoms with Gasteiger partial charge in [0.15, 0.2) is 0 Å². The van der Waals surface area contributed by atoms with E-state index in [1.165, 1.54) is 4.90 Å². The van der Waals surface area contributed by atoms with Crippen molar-refractivity contribution < 1.29 is 4.79 Å². The largest absolute Gasteiger partial charge is 0.351 e. The smallest absolute Gasteiger partial charge is 0.319 e. The summed E-state index contributed by atoms with van der Waals surface area (Å²) in [5, 5.41) is 0. The van der Waals surface area contributed by atoms with Crippen LogP contribution in [0.25, 0.3) is 0 Å². The number of hydrogen-bond donors (Lipinski definition) is 2. The van der Waals surface area contributed by atoms with Crippen LogP contribution in [0.3, 0.4) is 0 Å². The second-order valence-corrected chi connectivity index (χ2v) is 3.71. The fourth-order valence-electron chi connectivity index (χ4n) is 1.48. The molecule has 4 nitrogen and oxygen atoms in total. The monoisotopic (exact) mass is 207 g/mol. The molecule has 0 fully saturated rings. The SMILES string of the molecule is CC(N)Cc1ccccc1N(C)C(N)=O. The Balaban J connectivity index is 3.00. The van der Waals surface area contributed by atoms with Crippen LogP contribution in [0.4, 0.5) is 10.5 Å². The van der Waals surface area contributed by atoms with E-state index in [9.17, 15) is 4.79 Å². The molecular weight excluding hydrogens is 190 g/mol. The Kier molecular flexibility index (Phi) is 3.68. The maximum absolute atomic E-state index is 11.1. The maximum atomic E-state index is 11.1. The van der Waals surface area contributed by atoms with Crippen molar-refractivity contribution in [3.63, 3.8) is 0 Å². The van der Waals surface area contributed by atoms with Crippen molar-refractivity contribution in [1.82, 2.24) is 0 Å². The molecule has 15 heavy (non-hydrogen) atoms. The van der Waals surface area contributed by atoms with E-state index in [0.29, 0.717) is 0 Å². The van der Waals surface area contributed by atoms with Gasteiger partial charge in [0, 0.05) is 18.8 Å². The van der Waals surface area contributed by atoms with Crippen LogP contribution in [0.2, 0.25) is 0 Å². The predicted molar refractivity (Wildman–Crippen MR) is 61.8 cm³/mol. The Hall–Kier alpha value is -1.55. The number of urea groups is 1. The molecule has 0 aliphatic heterocycles. The number of rotatable bonds is 3. The fraction of sp³-hybridized carbons (Fsp3) is 0.364. The van der Waals surface area contributed by atoms with Gasteiger partial charge in [-0.2, -0.15) is 0 Å². The van der Waals surface area contributed by atoms with Crippen molar-refractivity contribution in [2.75, 3.05) is 11.9 Å². The summed E-state index contributed by atoms with van der Waals surface area (Å²) in [5.74, 6) is 0. The van der Waals surface area contributed by atoms with Gasteiger partial charge >= 0.3 is 6.03 Å². The molecule has 1 aromatic carbocycles. The highest BCUT2D eigenvalue weighted by molar-refractivity contribution is 5.90. The lowest BCUT2D eigenvalue weighted by atomic mass is 10.1. The lowest BCUT2D eigenvalue weighted by Gasteiger charge is -2.19. The normalized spacial score (nSPS) is 12.2. The number of carbonyl (C=O) groups is 1. The summed E-state index contributed by atoms with van der Waals surface area (Å²) in [4.78, 5) is 12.5. The van der Waals surface area contributed by atoms with Gasteiger partial charge in [0.05, 0.1) is 0 Å². The maximum Gasteiger partial charge on any atom is 0.319 e. The highest BCUT2D eigenvalue weighted by Gasteiger charge is 2.11. The van der Waals surface area contributed by atoms with Crippen LogP contribution in [0.15, 0.2) is 24.3 Å². The first-order valence-corrected chi connectivity index (χ1v) is 4.89. The third-order valence-electron chi connectivity index (χ3n) is 2.23. The molecule has 2 amide bonds. The topological polar surface area (TPSA) is 72.3 Å². The third-order valence-corrected chi connectivity index (χ3v) is 2.23. The van der Waals surface area contributed by atoms with Crippen LogP contribution in [0, 0.1) is 0 Å². The second kappa shape index (κ2) is 4.79. The Morgan fingerprint density at radius 1 is 1.47 bits per heavy atom. The zero-order valence-electron chi connectivity index (χ0n) is 9.10. The van der Waals surface area contributed by atoms with Gasteiger partial charge in [0.1, 0.15) is 0 Å². The number of nitrogens with zero attached hydrogens (tertiary/aromatic N) is 1.